The third-order valence-corrected chi connectivity index (χ3v) is 32.0. The minimum atomic E-state index is -3.37. The van der Waals surface area contributed by atoms with Crippen LogP contribution in [-0.2, 0) is 12.5 Å². The maximum Gasteiger partial charge on any atom is 0.278 e. The Morgan fingerprint density at radius 3 is 1.78 bits per heavy atom. The molecule has 0 aromatic rings. The molecule has 110 valence electrons. The molecule has 0 bridgehead atoms. The molecule has 0 spiro atoms. The van der Waals surface area contributed by atoms with Gasteiger partial charge < -0.3 is 12.5 Å². The third kappa shape index (κ3) is 3.19. The molecule has 1 heterocycles. The maximum atomic E-state index is 6.36. The Kier molecular flexibility index (Phi) is 6.70. The Hall–Kier alpha value is 1.85. The number of rotatable bonds is 8. The van der Waals surface area contributed by atoms with E-state index >= 15 is 0 Å². The van der Waals surface area contributed by atoms with E-state index in [1.54, 1.807) is 29.5 Å². The summed E-state index contributed by atoms with van der Waals surface area (Å²) in [4.78, 5) is 0. The quantitative estimate of drug-likeness (QED) is 0.427. The van der Waals surface area contributed by atoms with Crippen molar-refractivity contribution in [1.29, 1.82) is 0 Å². The average molecular weight is 367 g/mol. The molecule has 0 aromatic carbocycles. The van der Waals surface area contributed by atoms with Gasteiger partial charge in [0.05, 0.1) is 19.8 Å². The molecular formula is C9H22O3S5Si. The lowest BCUT2D eigenvalue weighted by atomic mass is 10.6. The Labute approximate surface area is 127 Å². The second-order valence-corrected chi connectivity index (χ2v) is 23.4. The highest BCUT2D eigenvalue weighted by Crippen LogP contribution is 3.03. The van der Waals surface area contributed by atoms with Crippen LogP contribution in [0.5, 0.6) is 0 Å². The fraction of sp³-hybridized carbons (Fsp3) is 1.00. The van der Waals surface area contributed by atoms with Gasteiger partial charge in [0.25, 0.3) is 7.82 Å². The van der Waals surface area contributed by atoms with Crippen LogP contribution in [-0.4, -0.2) is 33.4 Å². The zero-order valence-corrected chi connectivity index (χ0v) is 16.4. The first-order valence-electron chi connectivity index (χ1n) is 6.06. The zero-order valence-electron chi connectivity index (χ0n) is 11.3. The van der Waals surface area contributed by atoms with Gasteiger partial charge in [0.15, 0.2) is 0 Å². The van der Waals surface area contributed by atoms with Crippen LogP contribution >= 0.6 is 47.3 Å². The summed E-state index contributed by atoms with van der Waals surface area (Å²) in [5.74, 6) is 0.860. The largest absolute Gasteiger partial charge is 0.309 e. The van der Waals surface area contributed by atoms with Crippen molar-refractivity contribution in [2.75, 3.05) is 25.6 Å². The van der Waals surface area contributed by atoms with E-state index in [9.17, 15) is 0 Å². The molecule has 0 saturated carbocycles. The van der Waals surface area contributed by atoms with E-state index in [1.807, 2.05) is 31.0 Å². The average Bonchev–Trinajstić information content (AvgIpc) is 2.31. The second-order valence-electron chi connectivity index (χ2n) is 3.65. The standard InChI is InChI=1S/C9H22O3S5Si/c1-5-9-17(10-6-2,11-7-3,12-8-4)15-13-14-16-18-17/h5-9H2,1-4H3. The molecule has 0 aliphatic carbocycles. The van der Waals surface area contributed by atoms with Gasteiger partial charge in [-0.05, 0) is 44.6 Å². The van der Waals surface area contributed by atoms with E-state index < -0.39 is 7.62 Å². The molecular weight excluding hydrogens is 345 g/mol. The first kappa shape index (κ1) is 17.9. The van der Waals surface area contributed by atoms with Gasteiger partial charge in [-0.25, -0.2) is 0 Å². The van der Waals surface area contributed by atoms with E-state index in [4.69, 9.17) is 12.5 Å². The minimum Gasteiger partial charge on any atom is -0.309 e. The van der Waals surface area contributed by atoms with E-state index in [-0.39, 0.29) is 0 Å². The van der Waals surface area contributed by atoms with Crippen molar-refractivity contribution < 1.29 is 12.5 Å². The lowest BCUT2D eigenvalue weighted by Gasteiger charge is -2.75. The van der Waals surface area contributed by atoms with Gasteiger partial charge in [-0.3, -0.25) is 0 Å². The van der Waals surface area contributed by atoms with E-state index in [0.717, 1.165) is 12.2 Å². The summed E-state index contributed by atoms with van der Waals surface area (Å²) in [7, 11) is 4.22. The van der Waals surface area contributed by atoms with Crippen LogP contribution in [0.3, 0.4) is 0 Å². The van der Waals surface area contributed by atoms with Crippen molar-refractivity contribution in [2.24, 2.45) is 0 Å². The van der Waals surface area contributed by atoms with Crippen LogP contribution in [0.4, 0.5) is 0 Å². The predicted molar refractivity (Wildman–Crippen MR) is 93.7 cm³/mol. The van der Waals surface area contributed by atoms with Gasteiger partial charge >= 0.3 is 0 Å². The molecule has 1 saturated heterocycles. The zero-order chi connectivity index (χ0) is 13.6. The molecule has 2 radical (unpaired) electrons. The van der Waals surface area contributed by atoms with Crippen LogP contribution in [0, 0.1) is 0 Å². The second kappa shape index (κ2) is 6.74. The van der Waals surface area contributed by atoms with Crippen molar-refractivity contribution in [2.45, 2.75) is 34.1 Å². The number of hydrogen-bond acceptors (Lipinski definition) is 7. The van der Waals surface area contributed by atoms with Crippen molar-refractivity contribution in [3.05, 3.63) is 0 Å². The van der Waals surface area contributed by atoms with Gasteiger partial charge in [-0.15, -0.1) is 0 Å². The summed E-state index contributed by atoms with van der Waals surface area (Å²) in [6.45, 7) is 10.2. The molecule has 0 atom stereocenters. The van der Waals surface area contributed by atoms with Crippen LogP contribution in [0.1, 0.15) is 34.1 Å². The first-order valence-corrected chi connectivity index (χ1v) is 16.2. The molecule has 0 N–H and O–H groups in total. The van der Waals surface area contributed by atoms with Gasteiger partial charge in [-0.1, -0.05) is 17.2 Å². The van der Waals surface area contributed by atoms with Gasteiger partial charge in [-0.2, -0.15) is 0 Å². The third-order valence-electron chi connectivity index (χ3n) is 2.34. The van der Waals surface area contributed by atoms with Gasteiger partial charge in [0.2, 0.25) is 0 Å². The molecule has 9 heteroatoms. The maximum absolute atomic E-state index is 6.36. The van der Waals surface area contributed by atoms with Crippen LogP contribution < -0.4 is 0 Å². The van der Waals surface area contributed by atoms with Crippen LogP contribution in [0.2, 0.25) is 0 Å². The monoisotopic (exact) mass is 366 g/mol. The first-order chi connectivity index (χ1) is 8.56. The Morgan fingerprint density at radius 1 is 0.889 bits per heavy atom. The fourth-order valence-corrected chi connectivity index (χ4v) is 42.6. The van der Waals surface area contributed by atoms with Crippen molar-refractivity contribution in [1.82, 2.24) is 0 Å². The highest BCUT2D eigenvalue weighted by Gasteiger charge is 2.66. The molecule has 3 nitrogen and oxygen atoms in total. The van der Waals surface area contributed by atoms with Crippen LogP contribution in [0.25, 0.3) is 0 Å². The lowest BCUT2D eigenvalue weighted by molar-refractivity contribution is 0.170. The molecule has 1 aliphatic rings. The highest BCUT2D eigenvalue weighted by molar-refractivity contribution is 9.54. The van der Waals surface area contributed by atoms with E-state index in [2.05, 4.69) is 6.92 Å². The highest BCUT2D eigenvalue weighted by atomic mass is 33.9. The summed E-state index contributed by atoms with van der Waals surface area (Å²) in [5.41, 5.74) is 0. The van der Waals surface area contributed by atoms with E-state index in [0.29, 0.717) is 27.6 Å². The summed E-state index contributed by atoms with van der Waals surface area (Å²) >= 11 is 0. The Balaban J connectivity index is 3.28. The molecule has 0 aromatic heterocycles. The summed E-state index contributed by atoms with van der Waals surface area (Å²) in [6.07, 6.45) is 1.01. The molecule has 1 rings (SSSR count). The number of hydrogen-bond donors (Lipinski definition) is 0. The topological polar surface area (TPSA) is 27.7 Å². The van der Waals surface area contributed by atoms with Crippen molar-refractivity contribution in [3.8, 4) is 0 Å². The van der Waals surface area contributed by atoms with Gasteiger partial charge in [0, 0.05) is 25.4 Å². The normalized spacial score (nSPS) is 28.7. The minimum absolute atomic E-state index is 0.504. The van der Waals surface area contributed by atoms with Crippen molar-refractivity contribution >= 4 is 55.2 Å². The fourth-order valence-electron chi connectivity index (χ4n) is 1.98. The Morgan fingerprint density at radius 2 is 1.44 bits per heavy atom. The molecule has 1 aliphatic heterocycles. The molecule has 1 fully saturated rings. The van der Waals surface area contributed by atoms with Crippen molar-refractivity contribution in [3.63, 3.8) is 0 Å². The molecule has 0 amide bonds. The lowest BCUT2D eigenvalue weighted by Crippen LogP contribution is -2.47. The van der Waals surface area contributed by atoms with Gasteiger partial charge in [0.1, 0.15) is 0 Å². The predicted octanol–water partition coefficient (Wildman–Crippen LogP) is 5.27. The SMILES string of the molecule is CCCS1(OCC)(OCC)(OCC)[Si]SSSS1. The summed E-state index contributed by atoms with van der Waals surface area (Å²) < 4.78 is 19.1. The summed E-state index contributed by atoms with van der Waals surface area (Å²) in [6, 6.07) is 0. The molecule has 0 unspecified atom stereocenters. The summed E-state index contributed by atoms with van der Waals surface area (Å²) in [5, 5.41) is 0. The van der Waals surface area contributed by atoms with Crippen LogP contribution in [0.15, 0.2) is 0 Å². The van der Waals surface area contributed by atoms with E-state index in [1.165, 1.54) is 0 Å². The Bertz CT molecular complexity index is 221. The molecule has 18 heavy (non-hydrogen) atoms. The smallest absolute Gasteiger partial charge is 0.278 e.